The SMILES string of the molecule is CCCC(CCCc1ncc(C)c(OC)c1C)NC. The van der Waals surface area contributed by atoms with Crippen LogP contribution < -0.4 is 10.1 Å². The molecule has 0 bridgehead atoms. The lowest BCUT2D eigenvalue weighted by Crippen LogP contribution is -2.24. The highest BCUT2D eigenvalue weighted by Crippen LogP contribution is 2.25. The monoisotopic (exact) mass is 264 g/mol. The van der Waals surface area contributed by atoms with E-state index < -0.39 is 0 Å². The van der Waals surface area contributed by atoms with Crippen molar-refractivity contribution in [2.75, 3.05) is 14.2 Å². The summed E-state index contributed by atoms with van der Waals surface area (Å²) in [5, 5.41) is 3.39. The summed E-state index contributed by atoms with van der Waals surface area (Å²) >= 11 is 0. The van der Waals surface area contributed by atoms with Crippen LogP contribution in [0.2, 0.25) is 0 Å². The van der Waals surface area contributed by atoms with Crippen LogP contribution in [0.4, 0.5) is 0 Å². The number of methoxy groups -OCH3 is 1. The minimum Gasteiger partial charge on any atom is -0.496 e. The van der Waals surface area contributed by atoms with Gasteiger partial charge in [-0.2, -0.15) is 0 Å². The van der Waals surface area contributed by atoms with Gasteiger partial charge in [-0.25, -0.2) is 0 Å². The molecule has 1 unspecified atom stereocenters. The molecule has 1 N–H and O–H groups in total. The summed E-state index contributed by atoms with van der Waals surface area (Å²) in [4.78, 5) is 4.55. The summed E-state index contributed by atoms with van der Waals surface area (Å²) in [5.74, 6) is 0.990. The van der Waals surface area contributed by atoms with Crippen molar-refractivity contribution in [3.05, 3.63) is 23.0 Å². The van der Waals surface area contributed by atoms with Gasteiger partial charge in [-0.15, -0.1) is 0 Å². The van der Waals surface area contributed by atoms with Crippen LogP contribution >= 0.6 is 0 Å². The van der Waals surface area contributed by atoms with Crippen LogP contribution in [0.1, 0.15) is 49.4 Å². The number of rotatable bonds is 8. The molecule has 0 aliphatic heterocycles. The van der Waals surface area contributed by atoms with Crippen LogP contribution in [0.5, 0.6) is 5.75 Å². The topological polar surface area (TPSA) is 34.1 Å². The molecular weight excluding hydrogens is 236 g/mol. The van der Waals surface area contributed by atoms with E-state index in [4.69, 9.17) is 4.74 Å². The van der Waals surface area contributed by atoms with Gasteiger partial charge in [-0.3, -0.25) is 4.98 Å². The second-order valence-electron chi connectivity index (χ2n) is 5.21. The molecular formula is C16H28N2O. The van der Waals surface area contributed by atoms with E-state index in [1.165, 1.54) is 36.9 Å². The number of aromatic nitrogens is 1. The van der Waals surface area contributed by atoms with E-state index in [0.717, 1.165) is 17.7 Å². The Morgan fingerprint density at radius 2 is 2.05 bits per heavy atom. The van der Waals surface area contributed by atoms with E-state index in [0.29, 0.717) is 6.04 Å². The fourth-order valence-corrected chi connectivity index (χ4v) is 2.62. The molecule has 1 rings (SSSR count). The van der Waals surface area contributed by atoms with Crippen LogP contribution in [0.25, 0.3) is 0 Å². The fourth-order valence-electron chi connectivity index (χ4n) is 2.62. The molecule has 1 heterocycles. The number of nitrogens with zero attached hydrogens (tertiary/aromatic N) is 1. The Morgan fingerprint density at radius 3 is 2.63 bits per heavy atom. The van der Waals surface area contributed by atoms with Crippen molar-refractivity contribution in [2.24, 2.45) is 0 Å². The summed E-state index contributed by atoms with van der Waals surface area (Å²) < 4.78 is 5.45. The molecule has 0 spiro atoms. The van der Waals surface area contributed by atoms with E-state index in [9.17, 15) is 0 Å². The van der Waals surface area contributed by atoms with Crippen molar-refractivity contribution in [3.8, 4) is 5.75 Å². The molecule has 1 aromatic heterocycles. The van der Waals surface area contributed by atoms with E-state index in [2.05, 4.69) is 31.2 Å². The highest BCUT2D eigenvalue weighted by molar-refractivity contribution is 5.41. The van der Waals surface area contributed by atoms with E-state index >= 15 is 0 Å². The van der Waals surface area contributed by atoms with Crippen LogP contribution in [0.3, 0.4) is 0 Å². The van der Waals surface area contributed by atoms with E-state index in [-0.39, 0.29) is 0 Å². The summed E-state index contributed by atoms with van der Waals surface area (Å²) in [7, 11) is 3.79. The second kappa shape index (κ2) is 8.16. The zero-order valence-electron chi connectivity index (χ0n) is 13.0. The molecule has 0 saturated carbocycles. The van der Waals surface area contributed by atoms with Crippen molar-refractivity contribution in [1.82, 2.24) is 10.3 Å². The van der Waals surface area contributed by atoms with Crippen molar-refractivity contribution >= 4 is 0 Å². The Labute approximate surface area is 117 Å². The molecule has 0 aliphatic carbocycles. The van der Waals surface area contributed by atoms with Gasteiger partial charge < -0.3 is 10.1 Å². The molecule has 0 aliphatic rings. The van der Waals surface area contributed by atoms with Gasteiger partial charge in [0, 0.05) is 29.1 Å². The number of aryl methyl sites for hydroxylation is 2. The summed E-state index contributed by atoms with van der Waals surface area (Å²) in [6.45, 7) is 6.39. The molecule has 0 amide bonds. The molecule has 19 heavy (non-hydrogen) atoms. The van der Waals surface area contributed by atoms with Gasteiger partial charge in [0.25, 0.3) is 0 Å². The first-order chi connectivity index (χ1) is 9.13. The number of hydrogen-bond donors (Lipinski definition) is 1. The lowest BCUT2D eigenvalue weighted by molar-refractivity contribution is 0.406. The third-order valence-corrected chi connectivity index (χ3v) is 3.76. The predicted molar refractivity (Wildman–Crippen MR) is 81.0 cm³/mol. The third kappa shape index (κ3) is 4.50. The lowest BCUT2D eigenvalue weighted by Gasteiger charge is -2.16. The maximum Gasteiger partial charge on any atom is 0.128 e. The van der Waals surface area contributed by atoms with Gasteiger partial charge >= 0.3 is 0 Å². The summed E-state index contributed by atoms with van der Waals surface area (Å²) in [5.41, 5.74) is 3.48. The number of nitrogens with one attached hydrogen (secondary N) is 1. The highest BCUT2D eigenvalue weighted by atomic mass is 16.5. The van der Waals surface area contributed by atoms with Crippen LogP contribution in [-0.2, 0) is 6.42 Å². The highest BCUT2D eigenvalue weighted by Gasteiger charge is 2.10. The Balaban J connectivity index is 2.58. The Hall–Kier alpha value is -1.09. The Bertz CT molecular complexity index is 391. The van der Waals surface area contributed by atoms with Gasteiger partial charge in [-0.1, -0.05) is 13.3 Å². The number of hydrogen-bond acceptors (Lipinski definition) is 3. The fraction of sp³-hybridized carbons (Fsp3) is 0.688. The van der Waals surface area contributed by atoms with E-state index in [1.54, 1.807) is 7.11 Å². The van der Waals surface area contributed by atoms with Gasteiger partial charge in [0.15, 0.2) is 0 Å². The zero-order chi connectivity index (χ0) is 14.3. The van der Waals surface area contributed by atoms with Crippen LogP contribution in [-0.4, -0.2) is 25.2 Å². The molecule has 3 nitrogen and oxygen atoms in total. The first-order valence-corrected chi connectivity index (χ1v) is 7.30. The van der Waals surface area contributed by atoms with Crippen LogP contribution in [0, 0.1) is 13.8 Å². The minimum absolute atomic E-state index is 0.637. The molecule has 0 radical (unpaired) electrons. The summed E-state index contributed by atoms with van der Waals surface area (Å²) in [6, 6.07) is 0.637. The van der Waals surface area contributed by atoms with Crippen LogP contribution in [0.15, 0.2) is 6.20 Å². The molecule has 0 saturated heterocycles. The average molecular weight is 264 g/mol. The maximum atomic E-state index is 5.45. The Morgan fingerprint density at radius 1 is 1.32 bits per heavy atom. The van der Waals surface area contributed by atoms with Gasteiger partial charge in [-0.05, 0) is 46.6 Å². The molecule has 108 valence electrons. The van der Waals surface area contributed by atoms with Crippen molar-refractivity contribution in [1.29, 1.82) is 0 Å². The van der Waals surface area contributed by atoms with Crippen molar-refractivity contribution in [2.45, 2.75) is 58.9 Å². The average Bonchev–Trinajstić information content (AvgIpc) is 2.40. The number of pyridine rings is 1. The summed E-state index contributed by atoms with van der Waals surface area (Å²) in [6.07, 6.45) is 7.82. The minimum atomic E-state index is 0.637. The zero-order valence-corrected chi connectivity index (χ0v) is 13.0. The molecule has 1 atom stereocenters. The largest absolute Gasteiger partial charge is 0.496 e. The third-order valence-electron chi connectivity index (χ3n) is 3.76. The predicted octanol–water partition coefficient (Wildman–Crippen LogP) is 3.42. The Kier molecular flexibility index (Phi) is 6.85. The maximum absolute atomic E-state index is 5.45. The normalized spacial score (nSPS) is 12.5. The van der Waals surface area contributed by atoms with Gasteiger partial charge in [0.2, 0.25) is 0 Å². The standard InChI is InChI=1S/C16H28N2O/c1-6-8-14(17-4)9-7-10-15-13(3)16(19-5)12(2)11-18-15/h11,14,17H,6-10H2,1-5H3. The lowest BCUT2D eigenvalue weighted by atomic mass is 10.0. The smallest absolute Gasteiger partial charge is 0.128 e. The molecule has 3 heteroatoms. The molecule has 0 fully saturated rings. The van der Waals surface area contributed by atoms with Crippen molar-refractivity contribution in [3.63, 3.8) is 0 Å². The first-order valence-electron chi connectivity index (χ1n) is 7.30. The first kappa shape index (κ1) is 16.0. The van der Waals surface area contributed by atoms with E-state index in [1.807, 2.05) is 13.1 Å². The molecule has 0 aromatic carbocycles. The quantitative estimate of drug-likeness (QED) is 0.781. The van der Waals surface area contributed by atoms with Gasteiger partial charge in [0.05, 0.1) is 7.11 Å². The molecule has 1 aromatic rings. The number of ether oxygens (including phenoxy) is 1. The second-order valence-corrected chi connectivity index (χ2v) is 5.21. The van der Waals surface area contributed by atoms with Crippen molar-refractivity contribution < 1.29 is 4.74 Å². The van der Waals surface area contributed by atoms with Gasteiger partial charge in [0.1, 0.15) is 5.75 Å².